The van der Waals surface area contributed by atoms with Crippen LogP contribution in [-0.4, -0.2) is 24.5 Å². The van der Waals surface area contributed by atoms with Gasteiger partial charge in [0.05, 0.1) is 16.6 Å². The number of aromatic nitrogens is 5. The van der Waals surface area contributed by atoms with E-state index in [0.29, 0.717) is 29.1 Å². The number of rotatable bonds is 4. The Kier molecular flexibility index (Phi) is 6.15. The van der Waals surface area contributed by atoms with Crippen LogP contribution >= 0.6 is 0 Å². The summed E-state index contributed by atoms with van der Waals surface area (Å²) in [6.45, 7) is 0. The van der Waals surface area contributed by atoms with Gasteiger partial charge in [0.2, 0.25) is 11.8 Å². The molecule has 0 aliphatic heterocycles. The predicted molar refractivity (Wildman–Crippen MR) is 211 cm³/mol. The summed E-state index contributed by atoms with van der Waals surface area (Å²) in [6.07, 6.45) is 0. The van der Waals surface area contributed by atoms with Crippen molar-refractivity contribution < 1.29 is 4.42 Å². The molecular formula is C46H27N5O. The number of hydrogen-bond donors (Lipinski definition) is 0. The molecule has 0 aliphatic rings. The van der Waals surface area contributed by atoms with Gasteiger partial charge in [-0.25, -0.2) is 9.97 Å². The monoisotopic (exact) mass is 665 g/mol. The molecule has 0 spiro atoms. The summed E-state index contributed by atoms with van der Waals surface area (Å²) in [5.41, 5.74) is 5.95. The first-order valence-corrected chi connectivity index (χ1v) is 17.3. The average molecular weight is 666 g/mol. The third-order valence-electron chi connectivity index (χ3n) is 10.1. The zero-order chi connectivity index (χ0) is 34.2. The molecule has 0 aliphatic carbocycles. The third kappa shape index (κ3) is 4.31. The quantitative estimate of drug-likeness (QED) is 0.175. The van der Waals surface area contributed by atoms with Crippen molar-refractivity contribution in [2.45, 2.75) is 0 Å². The van der Waals surface area contributed by atoms with Crippen LogP contribution in [0.25, 0.3) is 105 Å². The van der Waals surface area contributed by atoms with Crippen molar-refractivity contribution in [2.24, 2.45) is 0 Å². The molecule has 0 radical (unpaired) electrons. The fourth-order valence-electron chi connectivity index (χ4n) is 7.73. The van der Waals surface area contributed by atoms with Gasteiger partial charge in [0.1, 0.15) is 5.52 Å². The second kappa shape index (κ2) is 11.2. The van der Waals surface area contributed by atoms with Crippen LogP contribution in [0.3, 0.4) is 0 Å². The lowest BCUT2D eigenvalue weighted by Crippen LogP contribution is -2.06. The summed E-state index contributed by atoms with van der Waals surface area (Å²) in [7, 11) is 0. The number of oxazole rings is 1. The number of fused-ring (bicyclic) bond motifs is 10. The van der Waals surface area contributed by atoms with E-state index in [1.807, 2.05) is 60.7 Å². The number of para-hydroxylation sites is 3. The summed E-state index contributed by atoms with van der Waals surface area (Å²) >= 11 is 0. The summed E-state index contributed by atoms with van der Waals surface area (Å²) in [5, 5.41) is 9.54. The highest BCUT2D eigenvalue weighted by molar-refractivity contribution is 6.25. The molecular weight excluding hydrogens is 639 g/mol. The molecule has 242 valence electrons. The minimum absolute atomic E-state index is 0.509. The Labute approximate surface area is 297 Å². The normalized spacial score (nSPS) is 11.8. The molecule has 6 heteroatoms. The van der Waals surface area contributed by atoms with Gasteiger partial charge >= 0.3 is 0 Å². The van der Waals surface area contributed by atoms with Gasteiger partial charge in [0.25, 0.3) is 0 Å². The maximum absolute atomic E-state index is 6.69. The number of hydrogen-bond acceptors (Lipinski definition) is 5. The van der Waals surface area contributed by atoms with Crippen molar-refractivity contribution in [3.05, 3.63) is 164 Å². The number of benzene rings is 8. The van der Waals surface area contributed by atoms with Crippen LogP contribution in [0.5, 0.6) is 0 Å². The van der Waals surface area contributed by atoms with E-state index >= 15 is 0 Å². The maximum Gasteiger partial charge on any atom is 0.238 e. The van der Waals surface area contributed by atoms with E-state index < -0.39 is 0 Å². The van der Waals surface area contributed by atoms with Crippen LogP contribution in [0.4, 0.5) is 0 Å². The van der Waals surface area contributed by atoms with Crippen LogP contribution in [0.1, 0.15) is 0 Å². The van der Waals surface area contributed by atoms with Gasteiger partial charge < -0.3 is 4.42 Å². The smallest absolute Gasteiger partial charge is 0.238 e. The Morgan fingerprint density at radius 3 is 1.62 bits per heavy atom. The summed E-state index contributed by atoms with van der Waals surface area (Å²) in [6, 6.07) is 56.4. The van der Waals surface area contributed by atoms with Crippen molar-refractivity contribution in [1.82, 2.24) is 24.5 Å². The SMILES string of the molecule is c1ccc(-c2nc(-c3cccc4nc(-c5ccc6c7ccccc7c7ccccc7c6c5)oc34)nc(-n3c4ccccc4c4ccccc43)n2)cc1. The van der Waals surface area contributed by atoms with Crippen LogP contribution in [-0.2, 0) is 0 Å². The van der Waals surface area contributed by atoms with Gasteiger partial charge in [-0.05, 0) is 68.7 Å². The first-order chi connectivity index (χ1) is 25.8. The maximum atomic E-state index is 6.69. The molecule has 0 N–H and O–H groups in total. The van der Waals surface area contributed by atoms with E-state index in [-0.39, 0.29) is 0 Å². The van der Waals surface area contributed by atoms with Crippen molar-refractivity contribution in [3.63, 3.8) is 0 Å². The van der Waals surface area contributed by atoms with E-state index in [9.17, 15) is 0 Å². The molecule has 52 heavy (non-hydrogen) atoms. The minimum atomic E-state index is 0.509. The van der Waals surface area contributed by atoms with Crippen molar-refractivity contribution in [1.29, 1.82) is 0 Å². The second-order valence-electron chi connectivity index (χ2n) is 13.0. The van der Waals surface area contributed by atoms with Gasteiger partial charge in [0, 0.05) is 21.9 Å². The van der Waals surface area contributed by atoms with Crippen molar-refractivity contribution in [3.8, 4) is 40.2 Å². The first-order valence-electron chi connectivity index (χ1n) is 17.3. The fraction of sp³-hybridized carbons (Fsp3) is 0. The molecule has 11 aromatic rings. The molecule has 0 unspecified atom stereocenters. The molecule has 0 atom stereocenters. The van der Waals surface area contributed by atoms with Crippen LogP contribution in [0.2, 0.25) is 0 Å². The molecule has 11 rings (SSSR count). The molecule has 0 amide bonds. The second-order valence-corrected chi connectivity index (χ2v) is 13.0. The van der Waals surface area contributed by atoms with Gasteiger partial charge in [-0.15, -0.1) is 0 Å². The first kappa shape index (κ1) is 28.6. The van der Waals surface area contributed by atoms with Crippen LogP contribution in [0.15, 0.2) is 168 Å². The Bertz CT molecular complexity index is 3110. The highest BCUT2D eigenvalue weighted by atomic mass is 16.3. The molecule has 6 nitrogen and oxygen atoms in total. The lowest BCUT2D eigenvalue weighted by atomic mass is 9.93. The zero-order valence-electron chi connectivity index (χ0n) is 27.7. The van der Waals surface area contributed by atoms with E-state index in [0.717, 1.165) is 49.4 Å². The average Bonchev–Trinajstić information content (AvgIpc) is 3.81. The fourth-order valence-corrected chi connectivity index (χ4v) is 7.73. The highest BCUT2D eigenvalue weighted by Crippen LogP contribution is 2.39. The van der Waals surface area contributed by atoms with Crippen LogP contribution < -0.4 is 0 Å². The molecule has 3 aromatic heterocycles. The van der Waals surface area contributed by atoms with Crippen molar-refractivity contribution in [2.75, 3.05) is 0 Å². The van der Waals surface area contributed by atoms with Gasteiger partial charge in [0.15, 0.2) is 17.2 Å². The molecule has 8 aromatic carbocycles. The summed E-state index contributed by atoms with van der Waals surface area (Å²) in [5.74, 6) is 2.16. The molecule has 3 heterocycles. The Hall–Kier alpha value is -7.18. The van der Waals surface area contributed by atoms with E-state index in [4.69, 9.17) is 24.4 Å². The van der Waals surface area contributed by atoms with Gasteiger partial charge in [-0.2, -0.15) is 9.97 Å². The standard InChI is InChI=1S/C46H27N5O/c1-2-13-28(14-3-1)43-48-44(50-46(49-43)51-40-23-10-8-19-35(40)36-20-9-11-24-41(36)51)37-21-12-22-39-42(37)52-45(47-39)29-25-26-34-32-17-5-4-15-30(32)31-16-6-7-18-33(31)38(34)27-29/h1-27H. The predicted octanol–water partition coefficient (Wildman–Crippen LogP) is 11.6. The highest BCUT2D eigenvalue weighted by Gasteiger charge is 2.21. The zero-order valence-corrected chi connectivity index (χ0v) is 27.7. The lowest BCUT2D eigenvalue weighted by molar-refractivity contribution is 0.620. The largest absolute Gasteiger partial charge is 0.435 e. The minimum Gasteiger partial charge on any atom is -0.435 e. The Balaban J connectivity index is 1.12. The molecule has 0 fully saturated rings. The van der Waals surface area contributed by atoms with E-state index in [2.05, 4.69) is 108 Å². The van der Waals surface area contributed by atoms with Crippen LogP contribution in [0, 0.1) is 0 Å². The van der Waals surface area contributed by atoms with E-state index in [1.54, 1.807) is 0 Å². The van der Waals surface area contributed by atoms with E-state index in [1.165, 1.54) is 26.9 Å². The Morgan fingerprint density at radius 2 is 0.942 bits per heavy atom. The lowest BCUT2D eigenvalue weighted by Gasteiger charge is -2.11. The Morgan fingerprint density at radius 1 is 0.385 bits per heavy atom. The van der Waals surface area contributed by atoms with Crippen molar-refractivity contribution >= 4 is 65.2 Å². The molecule has 0 saturated carbocycles. The third-order valence-corrected chi connectivity index (χ3v) is 10.1. The topological polar surface area (TPSA) is 69.6 Å². The summed E-state index contributed by atoms with van der Waals surface area (Å²) in [4.78, 5) is 20.3. The summed E-state index contributed by atoms with van der Waals surface area (Å²) < 4.78 is 8.81. The van der Waals surface area contributed by atoms with Gasteiger partial charge in [-0.3, -0.25) is 4.57 Å². The number of nitrogens with zero attached hydrogens (tertiary/aromatic N) is 5. The molecule has 0 saturated heterocycles. The van der Waals surface area contributed by atoms with Gasteiger partial charge in [-0.1, -0.05) is 127 Å². The molecule has 0 bridgehead atoms.